The van der Waals surface area contributed by atoms with Gasteiger partial charge in [-0.3, -0.25) is 5.10 Å². The van der Waals surface area contributed by atoms with E-state index in [1.807, 2.05) is 0 Å². The number of aromatic amines is 1. The Morgan fingerprint density at radius 2 is 2.07 bits per heavy atom. The van der Waals surface area contributed by atoms with E-state index in [9.17, 15) is 0 Å². The summed E-state index contributed by atoms with van der Waals surface area (Å²) in [4.78, 5) is 0. The zero-order valence-corrected chi connectivity index (χ0v) is 9.22. The Kier molecular flexibility index (Phi) is 1.92. The molecule has 2 heterocycles. The van der Waals surface area contributed by atoms with Crippen LogP contribution in [0.5, 0.6) is 0 Å². The summed E-state index contributed by atoms with van der Waals surface area (Å²) in [6.07, 6.45) is 3.35. The van der Waals surface area contributed by atoms with Crippen molar-refractivity contribution < 1.29 is 0 Å². The summed E-state index contributed by atoms with van der Waals surface area (Å²) in [5.41, 5.74) is 2.13. The molecule has 0 aliphatic rings. The fourth-order valence-corrected chi connectivity index (χ4v) is 2.08. The van der Waals surface area contributed by atoms with Crippen molar-refractivity contribution in [2.45, 2.75) is 26.2 Å². The molecule has 14 heavy (non-hydrogen) atoms. The topological polar surface area (TPSA) is 46.0 Å². The normalized spacial score (nSPS) is 12.2. The van der Waals surface area contributed by atoms with Crippen molar-refractivity contribution in [2.24, 2.45) is 0 Å². The second kappa shape index (κ2) is 2.88. The number of rotatable bonds is 0. The van der Waals surface area contributed by atoms with Crippen LogP contribution in [0.3, 0.4) is 0 Å². The molecule has 0 aliphatic carbocycles. The van der Waals surface area contributed by atoms with Crippen LogP contribution in [0.25, 0.3) is 5.52 Å². The van der Waals surface area contributed by atoms with Gasteiger partial charge < -0.3 is 0 Å². The Hall–Kier alpha value is -1.23. The van der Waals surface area contributed by atoms with Crippen molar-refractivity contribution in [1.82, 2.24) is 19.8 Å². The predicted molar refractivity (Wildman–Crippen MR) is 56.9 cm³/mol. The van der Waals surface area contributed by atoms with E-state index < -0.39 is 0 Å². The van der Waals surface area contributed by atoms with E-state index in [4.69, 9.17) is 12.2 Å². The van der Waals surface area contributed by atoms with Crippen LogP contribution in [0.2, 0.25) is 0 Å². The first-order chi connectivity index (χ1) is 6.50. The van der Waals surface area contributed by atoms with E-state index in [2.05, 4.69) is 36.1 Å². The molecule has 0 bridgehead atoms. The third-order valence-electron chi connectivity index (χ3n) is 2.13. The van der Waals surface area contributed by atoms with Crippen LogP contribution in [0, 0.1) is 4.64 Å². The van der Waals surface area contributed by atoms with Crippen LogP contribution in [0.4, 0.5) is 0 Å². The Morgan fingerprint density at radius 3 is 2.71 bits per heavy atom. The van der Waals surface area contributed by atoms with E-state index in [0.717, 1.165) is 15.7 Å². The SMILES string of the molecule is CC(C)(C)c1c(=S)[nH]n2cnncc12. The van der Waals surface area contributed by atoms with Gasteiger partial charge in [-0.2, -0.15) is 5.10 Å². The van der Waals surface area contributed by atoms with Gasteiger partial charge in [0, 0.05) is 5.56 Å². The maximum atomic E-state index is 5.27. The minimum absolute atomic E-state index is 0.0192. The molecule has 2 rings (SSSR count). The van der Waals surface area contributed by atoms with Gasteiger partial charge in [-0.25, -0.2) is 4.52 Å². The van der Waals surface area contributed by atoms with E-state index in [0.29, 0.717) is 0 Å². The molecule has 0 fully saturated rings. The van der Waals surface area contributed by atoms with Crippen molar-refractivity contribution in [3.05, 3.63) is 22.7 Å². The fourth-order valence-electron chi connectivity index (χ4n) is 1.57. The van der Waals surface area contributed by atoms with Crippen LogP contribution < -0.4 is 0 Å². The van der Waals surface area contributed by atoms with Gasteiger partial charge in [0.25, 0.3) is 0 Å². The van der Waals surface area contributed by atoms with Gasteiger partial charge >= 0.3 is 0 Å². The third kappa shape index (κ3) is 1.33. The van der Waals surface area contributed by atoms with E-state index >= 15 is 0 Å². The summed E-state index contributed by atoms with van der Waals surface area (Å²) in [6, 6.07) is 0. The summed E-state index contributed by atoms with van der Waals surface area (Å²) in [5, 5.41) is 10.7. The fraction of sp³-hybridized carbons (Fsp3) is 0.444. The van der Waals surface area contributed by atoms with Gasteiger partial charge in [-0.05, 0) is 5.41 Å². The largest absolute Gasteiger partial charge is 0.282 e. The molecular formula is C9H12N4S. The zero-order chi connectivity index (χ0) is 10.3. The molecule has 0 radical (unpaired) electrons. The highest BCUT2D eigenvalue weighted by Gasteiger charge is 2.20. The Bertz CT molecular complexity index is 517. The number of aromatic nitrogens is 4. The molecule has 0 saturated heterocycles. The summed E-state index contributed by atoms with van der Waals surface area (Å²) in [6.45, 7) is 6.39. The number of hydrogen-bond donors (Lipinski definition) is 1. The molecule has 0 saturated carbocycles. The lowest BCUT2D eigenvalue weighted by Gasteiger charge is -2.16. The quantitative estimate of drug-likeness (QED) is 0.674. The van der Waals surface area contributed by atoms with Crippen molar-refractivity contribution >= 4 is 17.7 Å². The van der Waals surface area contributed by atoms with Crippen LogP contribution in [-0.2, 0) is 5.41 Å². The molecule has 1 N–H and O–H groups in total. The molecule has 0 spiro atoms. The monoisotopic (exact) mass is 208 g/mol. The highest BCUT2D eigenvalue weighted by molar-refractivity contribution is 7.71. The third-order valence-corrected chi connectivity index (χ3v) is 2.42. The average Bonchev–Trinajstić information content (AvgIpc) is 2.38. The Balaban J connectivity index is 2.88. The predicted octanol–water partition coefficient (Wildman–Crippen LogP) is 2.08. The molecule has 4 nitrogen and oxygen atoms in total. The number of nitrogens with zero attached hydrogens (tertiary/aromatic N) is 3. The summed E-state index contributed by atoms with van der Waals surface area (Å²) < 4.78 is 2.56. The summed E-state index contributed by atoms with van der Waals surface area (Å²) >= 11 is 5.27. The van der Waals surface area contributed by atoms with Crippen molar-refractivity contribution in [3.63, 3.8) is 0 Å². The smallest absolute Gasteiger partial charge is 0.138 e. The van der Waals surface area contributed by atoms with Crippen LogP contribution >= 0.6 is 12.2 Å². The Morgan fingerprint density at radius 1 is 1.36 bits per heavy atom. The van der Waals surface area contributed by atoms with Gasteiger partial charge in [0.05, 0.1) is 11.7 Å². The van der Waals surface area contributed by atoms with Gasteiger partial charge in [0.15, 0.2) is 0 Å². The van der Waals surface area contributed by atoms with E-state index in [1.165, 1.54) is 0 Å². The summed E-state index contributed by atoms with van der Waals surface area (Å²) in [7, 11) is 0. The number of fused-ring (bicyclic) bond motifs is 1. The van der Waals surface area contributed by atoms with Crippen molar-refractivity contribution in [1.29, 1.82) is 0 Å². The van der Waals surface area contributed by atoms with Gasteiger partial charge in [0.2, 0.25) is 0 Å². The summed E-state index contributed by atoms with van der Waals surface area (Å²) in [5.74, 6) is 0. The maximum absolute atomic E-state index is 5.27. The molecule has 74 valence electrons. The van der Waals surface area contributed by atoms with E-state index in [1.54, 1.807) is 17.0 Å². The standard InChI is InChI=1S/C9H12N4S/c1-9(2,3)7-6-4-10-11-5-13(6)12-8(7)14/h4-5H,1-3H3,(H,12,14). The Labute approximate surface area is 87.0 Å². The lowest BCUT2D eigenvalue weighted by atomic mass is 9.88. The molecule has 0 aromatic carbocycles. The molecular weight excluding hydrogens is 196 g/mol. The maximum Gasteiger partial charge on any atom is 0.138 e. The van der Waals surface area contributed by atoms with Gasteiger partial charge in [-0.15, -0.1) is 5.10 Å². The van der Waals surface area contributed by atoms with E-state index in [-0.39, 0.29) is 5.41 Å². The molecule has 2 aromatic rings. The molecule has 5 heteroatoms. The lowest BCUT2D eigenvalue weighted by Crippen LogP contribution is -2.11. The minimum atomic E-state index is 0.0192. The minimum Gasteiger partial charge on any atom is -0.282 e. The lowest BCUT2D eigenvalue weighted by molar-refractivity contribution is 0.593. The second-order valence-corrected chi connectivity index (χ2v) is 4.70. The molecule has 0 aliphatic heterocycles. The number of hydrogen-bond acceptors (Lipinski definition) is 3. The van der Waals surface area contributed by atoms with Crippen LogP contribution in [0.15, 0.2) is 12.5 Å². The first-order valence-corrected chi connectivity index (χ1v) is 4.82. The average molecular weight is 208 g/mol. The number of H-pyrrole nitrogens is 1. The number of nitrogens with one attached hydrogen (secondary N) is 1. The van der Waals surface area contributed by atoms with Gasteiger partial charge in [-0.1, -0.05) is 33.0 Å². The molecule has 2 aromatic heterocycles. The van der Waals surface area contributed by atoms with Gasteiger partial charge in [0.1, 0.15) is 11.0 Å². The molecule has 0 atom stereocenters. The first kappa shape index (κ1) is 9.33. The van der Waals surface area contributed by atoms with Crippen LogP contribution in [0.1, 0.15) is 26.3 Å². The molecule has 0 amide bonds. The van der Waals surface area contributed by atoms with Crippen molar-refractivity contribution in [2.75, 3.05) is 0 Å². The van der Waals surface area contributed by atoms with Crippen molar-refractivity contribution in [3.8, 4) is 0 Å². The highest BCUT2D eigenvalue weighted by atomic mass is 32.1. The van der Waals surface area contributed by atoms with Crippen LogP contribution in [-0.4, -0.2) is 19.8 Å². The second-order valence-electron chi connectivity index (χ2n) is 4.30. The molecule has 0 unspecified atom stereocenters. The zero-order valence-electron chi connectivity index (χ0n) is 8.40. The highest BCUT2D eigenvalue weighted by Crippen LogP contribution is 2.26. The first-order valence-electron chi connectivity index (χ1n) is 4.41.